The molecule has 0 aromatic heterocycles. The van der Waals surface area contributed by atoms with Crippen LogP contribution < -0.4 is 0 Å². The van der Waals surface area contributed by atoms with Crippen LogP contribution in [0.2, 0.25) is 0 Å². The molecular formula is C8H15ClO. The molecule has 1 atom stereocenters. The van der Waals surface area contributed by atoms with Crippen molar-refractivity contribution in [2.24, 2.45) is 0 Å². The zero-order chi connectivity index (χ0) is 7.23. The van der Waals surface area contributed by atoms with Crippen LogP contribution in [0.4, 0.5) is 0 Å². The SMILES string of the molecule is ClCCC1CCCCCO1. The number of hydrogen-bond donors (Lipinski definition) is 0. The lowest BCUT2D eigenvalue weighted by Gasteiger charge is -2.11. The van der Waals surface area contributed by atoms with E-state index < -0.39 is 0 Å². The summed E-state index contributed by atoms with van der Waals surface area (Å²) in [5.74, 6) is 0.741. The Balaban J connectivity index is 2.15. The van der Waals surface area contributed by atoms with E-state index in [-0.39, 0.29) is 0 Å². The highest BCUT2D eigenvalue weighted by Crippen LogP contribution is 2.15. The fourth-order valence-electron chi connectivity index (χ4n) is 1.33. The van der Waals surface area contributed by atoms with Gasteiger partial charge in [-0.25, -0.2) is 0 Å². The molecule has 0 aromatic rings. The minimum absolute atomic E-state index is 0.458. The Morgan fingerprint density at radius 2 is 2.20 bits per heavy atom. The van der Waals surface area contributed by atoms with Crippen molar-refractivity contribution < 1.29 is 4.74 Å². The Morgan fingerprint density at radius 3 is 3.00 bits per heavy atom. The van der Waals surface area contributed by atoms with Crippen molar-refractivity contribution >= 4 is 11.6 Å². The molecule has 1 heterocycles. The molecule has 0 aliphatic carbocycles. The van der Waals surface area contributed by atoms with E-state index in [1.54, 1.807) is 0 Å². The predicted octanol–water partition coefficient (Wildman–Crippen LogP) is 2.57. The van der Waals surface area contributed by atoms with Gasteiger partial charge in [-0.05, 0) is 19.3 Å². The summed E-state index contributed by atoms with van der Waals surface area (Å²) in [5, 5.41) is 0. The summed E-state index contributed by atoms with van der Waals surface area (Å²) in [7, 11) is 0. The van der Waals surface area contributed by atoms with Crippen molar-refractivity contribution in [3.63, 3.8) is 0 Å². The molecule has 1 fully saturated rings. The Kier molecular flexibility index (Phi) is 4.15. The van der Waals surface area contributed by atoms with E-state index in [4.69, 9.17) is 16.3 Å². The average Bonchev–Trinajstić information content (AvgIpc) is 2.17. The number of alkyl halides is 1. The second-order valence-electron chi connectivity index (χ2n) is 2.82. The molecule has 0 radical (unpaired) electrons. The number of ether oxygens (including phenoxy) is 1. The molecule has 1 nitrogen and oxygen atoms in total. The Morgan fingerprint density at radius 1 is 1.30 bits per heavy atom. The third kappa shape index (κ3) is 2.89. The Bertz CT molecular complexity index is 77.3. The third-order valence-electron chi connectivity index (χ3n) is 1.96. The standard InChI is InChI=1S/C8H15ClO/c9-6-5-8-4-2-1-3-7-10-8/h8H,1-7H2. The maximum atomic E-state index is 5.61. The summed E-state index contributed by atoms with van der Waals surface area (Å²) in [4.78, 5) is 0. The predicted molar refractivity (Wildman–Crippen MR) is 43.5 cm³/mol. The minimum atomic E-state index is 0.458. The number of hydrogen-bond acceptors (Lipinski definition) is 1. The second-order valence-corrected chi connectivity index (χ2v) is 3.20. The Labute approximate surface area is 67.7 Å². The van der Waals surface area contributed by atoms with Crippen LogP contribution >= 0.6 is 11.6 Å². The fourth-order valence-corrected chi connectivity index (χ4v) is 1.58. The molecule has 0 N–H and O–H groups in total. The lowest BCUT2D eigenvalue weighted by Crippen LogP contribution is -2.11. The quantitative estimate of drug-likeness (QED) is 0.568. The highest BCUT2D eigenvalue weighted by molar-refractivity contribution is 6.17. The van der Waals surface area contributed by atoms with Gasteiger partial charge in [-0.1, -0.05) is 12.8 Å². The van der Waals surface area contributed by atoms with E-state index in [9.17, 15) is 0 Å². The van der Waals surface area contributed by atoms with Gasteiger partial charge in [0.05, 0.1) is 6.10 Å². The fraction of sp³-hybridized carbons (Fsp3) is 1.00. The molecule has 60 valence electrons. The van der Waals surface area contributed by atoms with Crippen molar-refractivity contribution in [1.82, 2.24) is 0 Å². The van der Waals surface area contributed by atoms with E-state index in [0.29, 0.717) is 6.10 Å². The molecule has 1 saturated heterocycles. The van der Waals surface area contributed by atoms with Gasteiger partial charge >= 0.3 is 0 Å². The van der Waals surface area contributed by atoms with Gasteiger partial charge in [-0.2, -0.15) is 0 Å². The van der Waals surface area contributed by atoms with Gasteiger partial charge in [0.25, 0.3) is 0 Å². The van der Waals surface area contributed by atoms with Crippen LogP contribution in [0.5, 0.6) is 0 Å². The van der Waals surface area contributed by atoms with Crippen LogP contribution in [0, 0.1) is 0 Å². The third-order valence-corrected chi connectivity index (χ3v) is 2.17. The molecule has 2 heteroatoms. The summed E-state index contributed by atoms with van der Waals surface area (Å²) in [6.07, 6.45) is 6.59. The highest BCUT2D eigenvalue weighted by atomic mass is 35.5. The van der Waals surface area contributed by atoms with E-state index in [2.05, 4.69) is 0 Å². The smallest absolute Gasteiger partial charge is 0.0586 e. The lowest BCUT2D eigenvalue weighted by molar-refractivity contribution is 0.0569. The second kappa shape index (κ2) is 4.97. The van der Waals surface area contributed by atoms with Gasteiger partial charge in [0, 0.05) is 12.5 Å². The molecule has 10 heavy (non-hydrogen) atoms. The van der Waals surface area contributed by atoms with Gasteiger partial charge in [0.2, 0.25) is 0 Å². The number of rotatable bonds is 2. The first-order valence-electron chi connectivity index (χ1n) is 4.11. The molecule has 0 bridgehead atoms. The van der Waals surface area contributed by atoms with Crippen molar-refractivity contribution in [3.05, 3.63) is 0 Å². The van der Waals surface area contributed by atoms with E-state index in [1.807, 2.05) is 0 Å². The molecule has 1 aliphatic heterocycles. The average molecular weight is 163 g/mol. The monoisotopic (exact) mass is 162 g/mol. The van der Waals surface area contributed by atoms with Crippen LogP contribution in [0.1, 0.15) is 32.1 Å². The van der Waals surface area contributed by atoms with Gasteiger partial charge in [0.1, 0.15) is 0 Å². The minimum Gasteiger partial charge on any atom is -0.378 e. The highest BCUT2D eigenvalue weighted by Gasteiger charge is 2.10. The van der Waals surface area contributed by atoms with Crippen LogP contribution in [-0.4, -0.2) is 18.6 Å². The molecule has 0 amide bonds. The summed E-state index contributed by atoms with van der Waals surface area (Å²) in [6.45, 7) is 0.946. The Hall–Kier alpha value is 0.250. The molecule has 0 spiro atoms. The van der Waals surface area contributed by atoms with E-state index in [1.165, 1.54) is 25.7 Å². The van der Waals surface area contributed by atoms with Gasteiger partial charge in [-0.15, -0.1) is 11.6 Å². The summed E-state index contributed by atoms with van der Waals surface area (Å²) in [5.41, 5.74) is 0. The lowest BCUT2D eigenvalue weighted by atomic mass is 10.1. The van der Waals surface area contributed by atoms with E-state index in [0.717, 1.165) is 18.9 Å². The molecule has 0 aromatic carbocycles. The van der Waals surface area contributed by atoms with Crippen LogP contribution in [0.25, 0.3) is 0 Å². The molecule has 1 unspecified atom stereocenters. The summed E-state index contributed by atoms with van der Waals surface area (Å²) >= 11 is 5.61. The first kappa shape index (κ1) is 8.35. The maximum absolute atomic E-state index is 5.61. The van der Waals surface area contributed by atoms with Crippen molar-refractivity contribution in [3.8, 4) is 0 Å². The van der Waals surface area contributed by atoms with Crippen LogP contribution in [0.3, 0.4) is 0 Å². The molecule has 1 aliphatic rings. The largest absolute Gasteiger partial charge is 0.378 e. The first-order chi connectivity index (χ1) is 4.93. The van der Waals surface area contributed by atoms with Gasteiger partial charge in [0.15, 0.2) is 0 Å². The maximum Gasteiger partial charge on any atom is 0.0586 e. The molecular weight excluding hydrogens is 148 g/mol. The van der Waals surface area contributed by atoms with Crippen molar-refractivity contribution in [1.29, 1.82) is 0 Å². The normalized spacial score (nSPS) is 27.9. The van der Waals surface area contributed by atoms with Crippen LogP contribution in [-0.2, 0) is 4.74 Å². The zero-order valence-corrected chi connectivity index (χ0v) is 7.07. The van der Waals surface area contributed by atoms with Crippen LogP contribution in [0.15, 0.2) is 0 Å². The van der Waals surface area contributed by atoms with Gasteiger partial charge in [-0.3, -0.25) is 0 Å². The molecule has 1 rings (SSSR count). The van der Waals surface area contributed by atoms with Gasteiger partial charge < -0.3 is 4.74 Å². The molecule has 0 saturated carbocycles. The van der Waals surface area contributed by atoms with Crippen molar-refractivity contribution in [2.45, 2.75) is 38.2 Å². The first-order valence-corrected chi connectivity index (χ1v) is 4.64. The zero-order valence-electron chi connectivity index (χ0n) is 6.31. The van der Waals surface area contributed by atoms with E-state index >= 15 is 0 Å². The summed E-state index contributed by atoms with van der Waals surface area (Å²) in [6, 6.07) is 0. The topological polar surface area (TPSA) is 9.23 Å². The van der Waals surface area contributed by atoms with Crippen molar-refractivity contribution in [2.75, 3.05) is 12.5 Å². The summed E-state index contributed by atoms with van der Waals surface area (Å²) < 4.78 is 5.56. The number of halogens is 1.